The minimum absolute atomic E-state index is 0.0715. The summed E-state index contributed by atoms with van der Waals surface area (Å²) in [6.45, 7) is 1.31. The van der Waals surface area contributed by atoms with Gasteiger partial charge >= 0.3 is 6.09 Å². The van der Waals surface area contributed by atoms with E-state index in [0.717, 1.165) is 13.2 Å². The van der Waals surface area contributed by atoms with E-state index in [9.17, 15) is 41.1 Å². The van der Waals surface area contributed by atoms with Crippen molar-refractivity contribution in [1.82, 2.24) is 10.6 Å². The summed E-state index contributed by atoms with van der Waals surface area (Å²) in [6.07, 6.45) is 0.407. The van der Waals surface area contributed by atoms with Gasteiger partial charge in [0.05, 0.1) is 27.9 Å². The first-order valence-corrected chi connectivity index (χ1v) is 14.9. The lowest BCUT2D eigenvalue weighted by molar-refractivity contribution is -0.125. The lowest BCUT2D eigenvalue weighted by Crippen LogP contribution is -2.56. The van der Waals surface area contributed by atoms with Crippen LogP contribution in [0.15, 0.2) is 35.2 Å². The highest BCUT2D eigenvalue weighted by atomic mass is 35.5. The molecule has 15 heteroatoms. The fourth-order valence-electron chi connectivity index (χ4n) is 5.71. The molecule has 0 heterocycles. The number of carbonyl (C=O) groups is 3. The number of nitrogens with one attached hydrogen (secondary N) is 3. The van der Waals surface area contributed by atoms with Crippen molar-refractivity contribution in [1.29, 1.82) is 0 Å². The van der Waals surface area contributed by atoms with Crippen molar-refractivity contribution in [3.05, 3.63) is 58.4 Å². The molecule has 2 aromatic carbocycles. The van der Waals surface area contributed by atoms with Crippen LogP contribution in [0.5, 0.6) is 0 Å². The number of halogens is 4. The van der Waals surface area contributed by atoms with E-state index in [-0.39, 0.29) is 40.6 Å². The van der Waals surface area contributed by atoms with Crippen LogP contribution in [-0.4, -0.2) is 62.0 Å². The average molecular weight is 632 g/mol. The summed E-state index contributed by atoms with van der Waals surface area (Å²) in [4.78, 5) is 36.2. The third-order valence-electron chi connectivity index (χ3n) is 8.01. The number of fused-ring (bicyclic) bond motifs is 2. The van der Waals surface area contributed by atoms with Crippen LogP contribution in [-0.2, 0) is 19.4 Å². The van der Waals surface area contributed by atoms with Crippen molar-refractivity contribution in [3.63, 3.8) is 0 Å². The van der Waals surface area contributed by atoms with E-state index in [1.54, 1.807) is 0 Å². The molecule has 2 aliphatic rings. The van der Waals surface area contributed by atoms with Gasteiger partial charge in [-0.05, 0) is 62.6 Å². The quantitative estimate of drug-likeness (QED) is 0.325. The van der Waals surface area contributed by atoms with Crippen LogP contribution in [0.4, 0.5) is 23.7 Å². The largest absolute Gasteiger partial charge is 0.453 e. The van der Waals surface area contributed by atoms with Gasteiger partial charge in [0.25, 0.3) is 5.91 Å². The van der Waals surface area contributed by atoms with E-state index in [0.29, 0.717) is 25.0 Å². The standard InChI is InChI=1S/C27H29ClF3N3O7S/c1-13(33-26(37)41-2)24(35)32-12-27(38)15-4-5-16(27)9-18(8-15)42(39,40)22-7-14(3-6-19(22)28)25(36)34-17-10-20(29)23(31)21(30)11-17/h3,6-7,10-11,13,15-16,18,38H,4-5,8-9,12H2,1-2H3,(H,32,35)(H,33,37)(H,34,36)/t13?,15-,16?,18-,27-/m0/s1. The second-order valence-corrected chi connectivity index (χ2v) is 13.1. The van der Waals surface area contributed by atoms with E-state index in [1.807, 2.05) is 0 Å². The highest BCUT2D eigenvalue weighted by molar-refractivity contribution is 7.92. The maximum atomic E-state index is 13.7. The van der Waals surface area contributed by atoms with E-state index >= 15 is 0 Å². The van der Waals surface area contributed by atoms with Crippen molar-refractivity contribution in [2.75, 3.05) is 19.0 Å². The van der Waals surface area contributed by atoms with Gasteiger partial charge in [0.2, 0.25) is 5.91 Å². The first kappa shape index (κ1) is 31.6. The third-order valence-corrected chi connectivity index (χ3v) is 10.7. The molecule has 2 aromatic rings. The summed E-state index contributed by atoms with van der Waals surface area (Å²) in [6, 6.07) is 3.74. The molecule has 0 aromatic heterocycles. The molecule has 2 fully saturated rings. The van der Waals surface area contributed by atoms with Crippen LogP contribution in [0.1, 0.15) is 43.0 Å². The molecule has 4 rings (SSSR count). The molecule has 3 amide bonds. The number of methoxy groups -OCH3 is 1. The highest BCUT2D eigenvalue weighted by Crippen LogP contribution is 2.52. The Morgan fingerprint density at radius 2 is 1.69 bits per heavy atom. The predicted molar refractivity (Wildman–Crippen MR) is 145 cm³/mol. The molecule has 4 N–H and O–H groups in total. The van der Waals surface area contributed by atoms with Gasteiger partial charge in [-0.2, -0.15) is 0 Å². The Kier molecular flexibility index (Phi) is 9.09. The molecule has 2 unspecified atom stereocenters. The molecule has 2 aliphatic carbocycles. The number of sulfone groups is 1. The fraction of sp³-hybridized carbons (Fsp3) is 0.444. The van der Waals surface area contributed by atoms with Crippen LogP contribution < -0.4 is 16.0 Å². The van der Waals surface area contributed by atoms with Gasteiger partial charge in [0.15, 0.2) is 27.3 Å². The number of ether oxygens (including phenoxy) is 1. The molecular weight excluding hydrogens is 603 g/mol. The first-order valence-electron chi connectivity index (χ1n) is 13.0. The van der Waals surface area contributed by atoms with Crippen molar-refractivity contribution in [3.8, 4) is 0 Å². The molecule has 2 bridgehead atoms. The summed E-state index contributed by atoms with van der Waals surface area (Å²) >= 11 is 6.24. The average Bonchev–Trinajstić information content (AvgIpc) is 3.09. The Hall–Kier alpha value is -3.36. The number of hydrogen-bond donors (Lipinski definition) is 4. The number of carbonyl (C=O) groups excluding carboxylic acids is 3. The van der Waals surface area contributed by atoms with Crippen molar-refractivity contribution in [2.45, 2.75) is 54.4 Å². The Morgan fingerprint density at radius 1 is 1.10 bits per heavy atom. The van der Waals surface area contributed by atoms with E-state index in [2.05, 4.69) is 20.7 Å². The molecule has 42 heavy (non-hydrogen) atoms. The second-order valence-electron chi connectivity index (χ2n) is 10.5. The monoisotopic (exact) mass is 631 g/mol. The van der Waals surface area contributed by atoms with Gasteiger partial charge in [0.1, 0.15) is 6.04 Å². The summed E-state index contributed by atoms with van der Waals surface area (Å²) in [5.74, 6) is -7.10. The van der Waals surface area contributed by atoms with Crippen LogP contribution in [0.25, 0.3) is 0 Å². The zero-order valence-electron chi connectivity index (χ0n) is 22.5. The molecule has 228 valence electrons. The number of alkyl carbamates (subject to hydrolysis) is 1. The lowest BCUT2D eigenvalue weighted by atomic mass is 9.74. The normalized spacial score (nSPS) is 24.0. The van der Waals surface area contributed by atoms with Gasteiger partial charge in [-0.25, -0.2) is 26.4 Å². The highest BCUT2D eigenvalue weighted by Gasteiger charge is 2.55. The molecule has 0 spiro atoms. The molecule has 0 radical (unpaired) electrons. The maximum Gasteiger partial charge on any atom is 0.407 e. The fourth-order valence-corrected chi connectivity index (χ4v) is 8.11. The van der Waals surface area contributed by atoms with Gasteiger partial charge in [-0.1, -0.05) is 11.6 Å². The van der Waals surface area contributed by atoms with Crippen LogP contribution in [0, 0.1) is 29.3 Å². The topological polar surface area (TPSA) is 151 Å². The number of hydrogen-bond acceptors (Lipinski definition) is 7. The zero-order valence-corrected chi connectivity index (χ0v) is 24.1. The Bertz CT molecular complexity index is 1490. The Balaban J connectivity index is 1.48. The number of aliphatic hydroxyl groups is 1. The van der Waals surface area contributed by atoms with Crippen molar-refractivity contribution < 1.29 is 45.8 Å². The van der Waals surface area contributed by atoms with Gasteiger partial charge < -0.3 is 25.8 Å². The minimum atomic E-state index is -4.12. The first-order chi connectivity index (χ1) is 19.7. The minimum Gasteiger partial charge on any atom is -0.453 e. The summed E-state index contributed by atoms with van der Waals surface area (Å²) in [5, 5.41) is 17.5. The van der Waals surface area contributed by atoms with E-state index < -0.39 is 73.9 Å². The lowest BCUT2D eigenvalue weighted by Gasteiger charge is -2.42. The smallest absolute Gasteiger partial charge is 0.407 e. The molecule has 0 aliphatic heterocycles. The molecule has 2 saturated carbocycles. The molecule has 10 nitrogen and oxygen atoms in total. The SMILES string of the molecule is COC(=O)NC(C)C(=O)NC[C@@]1(O)C2CC[C@H]1C[C@H](S(=O)(=O)c1cc(C(=O)Nc3cc(F)c(F)c(F)c3)ccc1Cl)C2. The number of anilines is 1. The molecule has 0 saturated heterocycles. The third kappa shape index (κ3) is 6.20. The van der Waals surface area contributed by atoms with Crippen LogP contribution in [0.3, 0.4) is 0 Å². The molecular formula is C27H29ClF3N3O7S. The van der Waals surface area contributed by atoms with Gasteiger partial charge in [0, 0.05) is 29.9 Å². The molecule has 5 atom stereocenters. The number of amides is 3. The zero-order chi connectivity index (χ0) is 31.0. The summed E-state index contributed by atoms with van der Waals surface area (Å²) in [5.41, 5.74) is -1.91. The van der Waals surface area contributed by atoms with E-state index in [4.69, 9.17) is 11.6 Å². The predicted octanol–water partition coefficient (Wildman–Crippen LogP) is 3.56. The maximum absolute atomic E-state index is 13.7. The number of rotatable bonds is 8. The van der Waals surface area contributed by atoms with Gasteiger partial charge in [-0.3, -0.25) is 9.59 Å². The van der Waals surface area contributed by atoms with Crippen LogP contribution >= 0.6 is 11.6 Å². The Labute approximate surface area is 244 Å². The van der Waals surface area contributed by atoms with E-state index in [1.165, 1.54) is 19.1 Å². The van der Waals surface area contributed by atoms with Gasteiger partial charge in [-0.15, -0.1) is 0 Å². The van der Waals surface area contributed by atoms with Crippen molar-refractivity contribution in [2.24, 2.45) is 11.8 Å². The van der Waals surface area contributed by atoms with Crippen molar-refractivity contribution >= 4 is 45.0 Å². The van der Waals surface area contributed by atoms with Crippen LogP contribution in [0.2, 0.25) is 5.02 Å². The number of benzene rings is 2. The second kappa shape index (κ2) is 12.1. The summed E-state index contributed by atoms with van der Waals surface area (Å²) < 4.78 is 72.3. The summed E-state index contributed by atoms with van der Waals surface area (Å²) in [7, 11) is -2.96. The Morgan fingerprint density at radius 3 is 2.26 bits per heavy atom.